The summed E-state index contributed by atoms with van der Waals surface area (Å²) >= 11 is 0. The van der Waals surface area contributed by atoms with E-state index in [-0.39, 0.29) is 0 Å². The number of nitrogens with two attached hydrogens (primary N) is 1. The number of hydrogen-bond donors (Lipinski definition) is 1. The molecule has 0 spiro atoms. The van der Waals surface area contributed by atoms with Gasteiger partial charge in [0.2, 0.25) is 0 Å². The second kappa shape index (κ2) is 2.81. The van der Waals surface area contributed by atoms with E-state index in [0.29, 0.717) is 0 Å². The normalized spacial score (nSPS) is 24.1. The zero-order valence-electron chi connectivity index (χ0n) is 6.79. The van der Waals surface area contributed by atoms with Gasteiger partial charge in [-0.25, -0.2) is 0 Å². The predicted octanol–water partition coefficient (Wildman–Crippen LogP) is 0.0692. The Labute approximate surface area is 67.3 Å². The third kappa shape index (κ3) is 1.38. The minimum atomic E-state index is 0.756. The summed E-state index contributed by atoms with van der Waals surface area (Å²) in [6.45, 7) is 3.84. The Morgan fingerprint density at radius 1 is 1.55 bits per heavy atom. The fourth-order valence-electron chi connectivity index (χ4n) is 1.61. The highest BCUT2D eigenvalue weighted by Crippen LogP contribution is 2.33. The molecule has 2 N–H and O–H groups in total. The average molecular weight is 153 g/mol. The highest BCUT2D eigenvalue weighted by atomic mass is 15.2. The molecule has 0 aromatic carbocycles. The minimum absolute atomic E-state index is 0.756. The molecular formula is C8H15N3. The van der Waals surface area contributed by atoms with E-state index in [4.69, 9.17) is 5.73 Å². The average Bonchev–Trinajstić information content (AvgIpc) is 2.75. The molecule has 0 unspecified atom stereocenters. The van der Waals surface area contributed by atoms with Gasteiger partial charge in [0.1, 0.15) is 5.84 Å². The summed E-state index contributed by atoms with van der Waals surface area (Å²) in [4.78, 5) is 6.83. The van der Waals surface area contributed by atoms with Crippen LogP contribution in [0.15, 0.2) is 4.99 Å². The van der Waals surface area contributed by atoms with Gasteiger partial charge < -0.3 is 10.6 Å². The van der Waals surface area contributed by atoms with Crippen LogP contribution in [0.1, 0.15) is 12.8 Å². The van der Waals surface area contributed by atoms with E-state index in [0.717, 1.165) is 32.1 Å². The zero-order valence-corrected chi connectivity index (χ0v) is 6.79. The van der Waals surface area contributed by atoms with E-state index in [2.05, 4.69) is 9.89 Å². The van der Waals surface area contributed by atoms with Gasteiger partial charge in [-0.1, -0.05) is 0 Å². The van der Waals surface area contributed by atoms with Crippen LogP contribution in [0.25, 0.3) is 0 Å². The van der Waals surface area contributed by atoms with Crippen LogP contribution in [-0.2, 0) is 0 Å². The maximum absolute atomic E-state index is 5.49. The Bertz CT molecular complexity index is 172. The number of rotatable bonds is 3. The second-order valence-electron chi connectivity index (χ2n) is 3.29. The first-order chi connectivity index (χ1) is 5.42. The Kier molecular flexibility index (Phi) is 1.82. The van der Waals surface area contributed by atoms with Crippen molar-refractivity contribution in [2.75, 3.05) is 26.2 Å². The molecule has 62 valence electrons. The van der Waals surface area contributed by atoms with Crippen molar-refractivity contribution in [1.82, 2.24) is 4.90 Å². The lowest BCUT2D eigenvalue weighted by Gasteiger charge is -2.18. The molecule has 0 saturated heterocycles. The van der Waals surface area contributed by atoms with Gasteiger partial charge in [0.25, 0.3) is 0 Å². The van der Waals surface area contributed by atoms with Crippen molar-refractivity contribution < 1.29 is 0 Å². The maximum atomic E-state index is 5.49. The highest BCUT2D eigenvalue weighted by molar-refractivity contribution is 5.87. The smallest absolute Gasteiger partial charge is 0.102 e. The van der Waals surface area contributed by atoms with E-state index in [9.17, 15) is 0 Å². The number of nitrogens with zero attached hydrogens (tertiary/aromatic N) is 2. The number of hydrogen-bond acceptors (Lipinski definition) is 3. The fourth-order valence-corrected chi connectivity index (χ4v) is 1.61. The van der Waals surface area contributed by atoms with Crippen LogP contribution in [-0.4, -0.2) is 36.9 Å². The summed E-state index contributed by atoms with van der Waals surface area (Å²) in [6, 6.07) is 0. The van der Waals surface area contributed by atoms with Crippen LogP contribution in [0.4, 0.5) is 0 Å². The SMILES string of the molecule is NCCN1CCN=C1C1CC1. The third-order valence-corrected chi connectivity index (χ3v) is 2.31. The minimum Gasteiger partial charge on any atom is -0.357 e. The van der Waals surface area contributed by atoms with E-state index >= 15 is 0 Å². The van der Waals surface area contributed by atoms with Crippen molar-refractivity contribution >= 4 is 5.84 Å². The molecule has 1 heterocycles. The van der Waals surface area contributed by atoms with E-state index < -0.39 is 0 Å². The van der Waals surface area contributed by atoms with E-state index in [1.165, 1.54) is 18.7 Å². The van der Waals surface area contributed by atoms with E-state index in [1.54, 1.807) is 0 Å². The van der Waals surface area contributed by atoms with Crippen LogP contribution in [0.2, 0.25) is 0 Å². The molecule has 0 aromatic heterocycles. The van der Waals surface area contributed by atoms with Crippen molar-refractivity contribution in [3.8, 4) is 0 Å². The fraction of sp³-hybridized carbons (Fsp3) is 0.875. The molecule has 0 bridgehead atoms. The zero-order chi connectivity index (χ0) is 7.68. The second-order valence-corrected chi connectivity index (χ2v) is 3.29. The van der Waals surface area contributed by atoms with Gasteiger partial charge in [0, 0.05) is 25.6 Å². The van der Waals surface area contributed by atoms with Crippen molar-refractivity contribution in [3.05, 3.63) is 0 Å². The molecule has 0 amide bonds. The molecule has 1 fully saturated rings. The predicted molar refractivity (Wildman–Crippen MR) is 45.7 cm³/mol. The highest BCUT2D eigenvalue weighted by Gasteiger charge is 2.32. The van der Waals surface area contributed by atoms with Crippen LogP contribution < -0.4 is 5.73 Å². The molecule has 0 radical (unpaired) electrons. The van der Waals surface area contributed by atoms with Crippen molar-refractivity contribution in [2.45, 2.75) is 12.8 Å². The first-order valence-corrected chi connectivity index (χ1v) is 4.41. The molecule has 1 aliphatic heterocycles. The van der Waals surface area contributed by atoms with Crippen molar-refractivity contribution in [3.63, 3.8) is 0 Å². The van der Waals surface area contributed by atoms with Gasteiger partial charge >= 0.3 is 0 Å². The standard InChI is InChI=1S/C8H15N3/c9-3-5-11-6-4-10-8(11)7-1-2-7/h7H,1-6,9H2. The van der Waals surface area contributed by atoms with Crippen molar-refractivity contribution in [1.29, 1.82) is 0 Å². The Hall–Kier alpha value is -0.570. The summed E-state index contributed by atoms with van der Waals surface area (Å²) in [5.41, 5.74) is 5.49. The van der Waals surface area contributed by atoms with Gasteiger partial charge in [0.05, 0.1) is 6.54 Å². The Morgan fingerprint density at radius 2 is 2.36 bits per heavy atom. The summed E-state index contributed by atoms with van der Waals surface area (Å²) < 4.78 is 0. The molecule has 0 aromatic rings. The largest absolute Gasteiger partial charge is 0.357 e. The lowest BCUT2D eigenvalue weighted by atomic mass is 10.3. The van der Waals surface area contributed by atoms with Crippen LogP contribution in [0.5, 0.6) is 0 Å². The summed E-state index contributed by atoms with van der Waals surface area (Å²) in [5, 5.41) is 0. The molecular weight excluding hydrogens is 138 g/mol. The van der Waals surface area contributed by atoms with Gasteiger partial charge in [-0.15, -0.1) is 0 Å². The Balaban J connectivity index is 1.94. The van der Waals surface area contributed by atoms with Gasteiger partial charge in [-0.05, 0) is 12.8 Å². The summed E-state index contributed by atoms with van der Waals surface area (Å²) in [7, 11) is 0. The molecule has 0 atom stereocenters. The molecule has 3 nitrogen and oxygen atoms in total. The lowest BCUT2D eigenvalue weighted by Crippen LogP contribution is -2.33. The quantitative estimate of drug-likeness (QED) is 0.623. The molecule has 11 heavy (non-hydrogen) atoms. The van der Waals surface area contributed by atoms with Crippen molar-refractivity contribution in [2.24, 2.45) is 16.6 Å². The molecule has 2 rings (SSSR count). The Morgan fingerprint density at radius 3 is 3.00 bits per heavy atom. The van der Waals surface area contributed by atoms with Crippen LogP contribution in [0.3, 0.4) is 0 Å². The lowest BCUT2D eigenvalue weighted by molar-refractivity contribution is 0.457. The third-order valence-electron chi connectivity index (χ3n) is 2.31. The van der Waals surface area contributed by atoms with Gasteiger partial charge in [-0.2, -0.15) is 0 Å². The monoisotopic (exact) mass is 153 g/mol. The number of aliphatic imine (C=N–C) groups is 1. The molecule has 2 aliphatic rings. The molecule has 1 aliphatic carbocycles. The molecule has 3 heteroatoms. The summed E-state index contributed by atoms with van der Waals surface area (Å²) in [5.74, 6) is 2.14. The van der Waals surface area contributed by atoms with Gasteiger partial charge in [0.15, 0.2) is 0 Å². The topological polar surface area (TPSA) is 41.6 Å². The first kappa shape index (κ1) is 7.10. The molecule has 1 saturated carbocycles. The first-order valence-electron chi connectivity index (χ1n) is 4.41. The summed E-state index contributed by atoms with van der Waals surface area (Å²) in [6.07, 6.45) is 2.69. The maximum Gasteiger partial charge on any atom is 0.102 e. The van der Waals surface area contributed by atoms with Crippen LogP contribution >= 0.6 is 0 Å². The number of amidine groups is 1. The van der Waals surface area contributed by atoms with Crippen LogP contribution in [0, 0.1) is 5.92 Å². The van der Waals surface area contributed by atoms with E-state index in [1.807, 2.05) is 0 Å². The van der Waals surface area contributed by atoms with Gasteiger partial charge in [-0.3, -0.25) is 4.99 Å².